The molecule has 2 rings (SSSR count). The summed E-state index contributed by atoms with van der Waals surface area (Å²) in [6.45, 7) is 0.383. The van der Waals surface area contributed by atoms with Crippen molar-refractivity contribution < 1.29 is 9.13 Å². The largest absolute Gasteiger partial charge is 0.497 e. The molecule has 0 aliphatic rings. The fourth-order valence-corrected chi connectivity index (χ4v) is 2.02. The van der Waals surface area contributed by atoms with E-state index in [0.717, 1.165) is 5.69 Å². The molecule has 4 heteroatoms. The van der Waals surface area contributed by atoms with Crippen LogP contribution in [0.2, 0.25) is 0 Å². The van der Waals surface area contributed by atoms with Crippen LogP contribution in [0.4, 0.5) is 10.1 Å². The van der Waals surface area contributed by atoms with Crippen molar-refractivity contribution in [3.63, 3.8) is 0 Å². The van der Waals surface area contributed by atoms with E-state index in [2.05, 4.69) is 6.07 Å². The van der Waals surface area contributed by atoms with Crippen molar-refractivity contribution in [2.45, 2.75) is 6.54 Å². The third kappa shape index (κ3) is 2.89. The molecular weight excluding hydrogens is 255 g/mol. The predicted octanol–water partition coefficient (Wildman–Crippen LogP) is 3.34. The van der Waals surface area contributed by atoms with E-state index in [1.54, 1.807) is 43.5 Å². The van der Waals surface area contributed by atoms with Crippen molar-refractivity contribution >= 4 is 5.69 Å². The Bertz CT molecular complexity index is 649. The zero-order chi connectivity index (χ0) is 14.5. The lowest BCUT2D eigenvalue weighted by Gasteiger charge is -2.21. The molecule has 0 heterocycles. The Labute approximate surface area is 117 Å². The van der Waals surface area contributed by atoms with E-state index < -0.39 is 0 Å². The molecular formula is C16H15FN2O. The summed E-state index contributed by atoms with van der Waals surface area (Å²) in [7, 11) is 3.39. The summed E-state index contributed by atoms with van der Waals surface area (Å²) >= 11 is 0. The van der Waals surface area contributed by atoms with Crippen LogP contribution in [0.3, 0.4) is 0 Å². The SMILES string of the molecule is COc1ccc(C#N)c(N(C)Cc2ccccc2F)c1. The first kappa shape index (κ1) is 13.9. The van der Waals surface area contributed by atoms with E-state index in [1.807, 2.05) is 11.9 Å². The maximum atomic E-state index is 13.7. The van der Waals surface area contributed by atoms with Gasteiger partial charge in [-0.1, -0.05) is 18.2 Å². The highest BCUT2D eigenvalue weighted by Gasteiger charge is 2.11. The molecule has 0 amide bonds. The van der Waals surface area contributed by atoms with Gasteiger partial charge < -0.3 is 9.64 Å². The fourth-order valence-electron chi connectivity index (χ4n) is 2.02. The normalized spacial score (nSPS) is 9.90. The molecule has 0 bridgehead atoms. The lowest BCUT2D eigenvalue weighted by Crippen LogP contribution is -2.18. The maximum absolute atomic E-state index is 13.7. The number of benzene rings is 2. The van der Waals surface area contributed by atoms with E-state index in [9.17, 15) is 4.39 Å². The van der Waals surface area contributed by atoms with Gasteiger partial charge in [0.25, 0.3) is 0 Å². The van der Waals surface area contributed by atoms with Crippen molar-refractivity contribution in [2.75, 3.05) is 19.1 Å². The van der Waals surface area contributed by atoms with Crippen molar-refractivity contribution in [1.82, 2.24) is 0 Å². The Balaban J connectivity index is 2.31. The van der Waals surface area contributed by atoms with Crippen LogP contribution in [-0.2, 0) is 6.54 Å². The fraction of sp³-hybridized carbons (Fsp3) is 0.188. The standard InChI is InChI=1S/C16H15FN2O/c1-19(11-13-5-3-4-6-15(13)17)16-9-14(20-2)8-7-12(16)10-18/h3-9H,11H2,1-2H3. The highest BCUT2D eigenvalue weighted by molar-refractivity contribution is 5.62. The van der Waals surface area contributed by atoms with Crippen molar-refractivity contribution in [1.29, 1.82) is 5.26 Å². The Morgan fingerprint density at radius 3 is 2.65 bits per heavy atom. The van der Waals surface area contributed by atoms with Gasteiger partial charge in [-0.25, -0.2) is 4.39 Å². The van der Waals surface area contributed by atoms with E-state index in [4.69, 9.17) is 10.00 Å². The zero-order valence-electron chi connectivity index (χ0n) is 11.4. The van der Waals surface area contributed by atoms with Gasteiger partial charge in [0.1, 0.15) is 17.6 Å². The average Bonchev–Trinajstić information content (AvgIpc) is 2.48. The topological polar surface area (TPSA) is 36.3 Å². The van der Waals surface area contributed by atoms with Crippen LogP contribution < -0.4 is 9.64 Å². The molecule has 0 unspecified atom stereocenters. The first-order valence-corrected chi connectivity index (χ1v) is 6.18. The minimum atomic E-state index is -0.249. The number of halogens is 1. The number of nitriles is 1. The molecule has 102 valence electrons. The molecule has 0 N–H and O–H groups in total. The number of ether oxygens (including phenoxy) is 1. The van der Waals surface area contributed by atoms with Crippen LogP contribution in [-0.4, -0.2) is 14.2 Å². The monoisotopic (exact) mass is 270 g/mol. The predicted molar refractivity (Wildman–Crippen MR) is 76.2 cm³/mol. The molecule has 0 fully saturated rings. The Morgan fingerprint density at radius 2 is 2.00 bits per heavy atom. The lowest BCUT2D eigenvalue weighted by atomic mass is 10.1. The quantitative estimate of drug-likeness (QED) is 0.855. The van der Waals surface area contributed by atoms with Gasteiger partial charge in [-0.05, 0) is 18.2 Å². The maximum Gasteiger partial charge on any atom is 0.128 e. The molecule has 3 nitrogen and oxygen atoms in total. The molecule has 0 radical (unpaired) electrons. The van der Waals surface area contributed by atoms with E-state index in [1.165, 1.54) is 6.07 Å². The van der Waals surface area contributed by atoms with Gasteiger partial charge in [0.2, 0.25) is 0 Å². The summed E-state index contributed by atoms with van der Waals surface area (Å²) in [6.07, 6.45) is 0. The molecule has 0 aliphatic heterocycles. The van der Waals surface area contributed by atoms with Crippen LogP contribution >= 0.6 is 0 Å². The summed E-state index contributed by atoms with van der Waals surface area (Å²) in [6, 6.07) is 14.0. The first-order valence-electron chi connectivity index (χ1n) is 6.18. The Morgan fingerprint density at radius 1 is 1.25 bits per heavy atom. The minimum Gasteiger partial charge on any atom is -0.497 e. The third-order valence-corrected chi connectivity index (χ3v) is 3.10. The van der Waals surface area contributed by atoms with E-state index >= 15 is 0 Å². The molecule has 2 aromatic carbocycles. The van der Waals surface area contributed by atoms with Gasteiger partial charge in [-0.2, -0.15) is 5.26 Å². The molecule has 0 spiro atoms. The van der Waals surface area contributed by atoms with E-state index in [0.29, 0.717) is 23.4 Å². The van der Waals surface area contributed by atoms with Crippen LogP contribution in [0.1, 0.15) is 11.1 Å². The van der Waals surface area contributed by atoms with Crippen LogP contribution in [0.25, 0.3) is 0 Å². The first-order chi connectivity index (χ1) is 9.65. The lowest BCUT2D eigenvalue weighted by molar-refractivity contribution is 0.415. The molecule has 2 aromatic rings. The van der Waals surface area contributed by atoms with E-state index in [-0.39, 0.29) is 5.82 Å². The number of hydrogen-bond acceptors (Lipinski definition) is 3. The smallest absolute Gasteiger partial charge is 0.128 e. The number of methoxy groups -OCH3 is 1. The molecule has 0 saturated heterocycles. The third-order valence-electron chi connectivity index (χ3n) is 3.10. The van der Waals surface area contributed by atoms with Crippen LogP contribution in [0.5, 0.6) is 5.75 Å². The number of anilines is 1. The van der Waals surface area contributed by atoms with Crippen molar-refractivity contribution in [3.8, 4) is 11.8 Å². The Kier molecular flexibility index (Phi) is 4.21. The second kappa shape index (κ2) is 6.07. The van der Waals surface area contributed by atoms with Gasteiger partial charge in [-0.15, -0.1) is 0 Å². The summed E-state index contributed by atoms with van der Waals surface area (Å²) in [4.78, 5) is 1.83. The second-order valence-electron chi connectivity index (χ2n) is 4.44. The molecule has 0 aromatic heterocycles. The van der Waals surface area contributed by atoms with Crippen molar-refractivity contribution in [2.24, 2.45) is 0 Å². The van der Waals surface area contributed by atoms with Crippen LogP contribution in [0.15, 0.2) is 42.5 Å². The Hall–Kier alpha value is -2.54. The summed E-state index contributed by atoms with van der Waals surface area (Å²) in [5.74, 6) is 0.417. The van der Waals surface area contributed by atoms with Gasteiger partial charge >= 0.3 is 0 Å². The zero-order valence-corrected chi connectivity index (χ0v) is 11.4. The molecule has 0 saturated carbocycles. The number of rotatable bonds is 4. The average molecular weight is 270 g/mol. The summed E-state index contributed by atoms with van der Waals surface area (Å²) < 4.78 is 18.8. The molecule has 0 atom stereocenters. The van der Waals surface area contributed by atoms with Gasteiger partial charge in [0, 0.05) is 25.2 Å². The second-order valence-corrected chi connectivity index (χ2v) is 4.44. The highest BCUT2D eigenvalue weighted by atomic mass is 19.1. The number of hydrogen-bond donors (Lipinski definition) is 0. The summed E-state index contributed by atoms with van der Waals surface area (Å²) in [5.41, 5.74) is 1.83. The van der Waals surface area contributed by atoms with Gasteiger partial charge in [0.05, 0.1) is 18.4 Å². The van der Waals surface area contributed by atoms with Crippen LogP contribution in [0, 0.1) is 17.1 Å². The molecule has 20 heavy (non-hydrogen) atoms. The number of nitrogens with zero attached hydrogens (tertiary/aromatic N) is 2. The summed E-state index contributed by atoms with van der Waals surface area (Å²) in [5, 5.41) is 9.16. The van der Waals surface area contributed by atoms with Gasteiger partial charge in [-0.3, -0.25) is 0 Å². The van der Waals surface area contributed by atoms with Crippen molar-refractivity contribution in [3.05, 3.63) is 59.4 Å². The highest BCUT2D eigenvalue weighted by Crippen LogP contribution is 2.26. The minimum absolute atomic E-state index is 0.249. The molecule has 0 aliphatic carbocycles. The van der Waals surface area contributed by atoms with Gasteiger partial charge in [0.15, 0.2) is 0 Å².